The molecule has 9 heteroatoms. The SMILES string of the molecule is NC(=O)NN1C(=O)CSC1c1cccc([N+](=O)[O-])c1. The highest BCUT2D eigenvalue weighted by Crippen LogP contribution is 2.38. The number of primary amides is 1. The Morgan fingerprint density at radius 2 is 2.32 bits per heavy atom. The van der Waals surface area contributed by atoms with E-state index in [2.05, 4.69) is 5.43 Å². The van der Waals surface area contributed by atoms with Crippen molar-refractivity contribution in [3.8, 4) is 0 Å². The number of rotatable bonds is 3. The van der Waals surface area contributed by atoms with Gasteiger partial charge in [0.05, 0.1) is 10.7 Å². The van der Waals surface area contributed by atoms with Gasteiger partial charge in [-0.1, -0.05) is 12.1 Å². The predicted octanol–water partition coefficient (Wildman–Crippen LogP) is 0.752. The van der Waals surface area contributed by atoms with Crippen molar-refractivity contribution in [1.82, 2.24) is 10.4 Å². The molecule has 1 heterocycles. The maximum absolute atomic E-state index is 11.6. The Bertz CT molecular complexity index is 550. The first kappa shape index (κ1) is 13.1. The van der Waals surface area contributed by atoms with E-state index in [-0.39, 0.29) is 17.3 Å². The molecule has 0 saturated carbocycles. The van der Waals surface area contributed by atoms with E-state index in [1.807, 2.05) is 0 Å². The smallest absolute Gasteiger partial charge is 0.331 e. The number of hydrogen-bond acceptors (Lipinski definition) is 5. The Hall–Kier alpha value is -2.29. The lowest BCUT2D eigenvalue weighted by Crippen LogP contribution is -2.46. The predicted molar refractivity (Wildman–Crippen MR) is 67.9 cm³/mol. The summed E-state index contributed by atoms with van der Waals surface area (Å²) < 4.78 is 0. The molecule has 1 fully saturated rings. The number of hydrogen-bond donors (Lipinski definition) is 2. The summed E-state index contributed by atoms with van der Waals surface area (Å²) >= 11 is 1.26. The lowest BCUT2D eigenvalue weighted by atomic mass is 10.2. The number of nitrogens with one attached hydrogen (secondary N) is 1. The fourth-order valence-corrected chi connectivity index (χ4v) is 2.80. The van der Waals surface area contributed by atoms with Crippen LogP contribution in [0.25, 0.3) is 0 Å². The maximum Gasteiger partial charge on any atom is 0.331 e. The Balaban J connectivity index is 2.29. The van der Waals surface area contributed by atoms with E-state index in [1.54, 1.807) is 6.07 Å². The van der Waals surface area contributed by atoms with Crippen LogP contribution in [0, 0.1) is 10.1 Å². The van der Waals surface area contributed by atoms with Gasteiger partial charge in [-0.25, -0.2) is 15.2 Å². The molecule has 1 saturated heterocycles. The molecule has 0 spiro atoms. The van der Waals surface area contributed by atoms with Crippen LogP contribution >= 0.6 is 11.8 Å². The van der Waals surface area contributed by atoms with Crippen molar-refractivity contribution in [2.45, 2.75) is 5.37 Å². The molecule has 0 aliphatic carbocycles. The van der Waals surface area contributed by atoms with Gasteiger partial charge in [0.1, 0.15) is 5.37 Å². The minimum Gasteiger partial charge on any atom is -0.350 e. The average Bonchev–Trinajstić information content (AvgIpc) is 2.71. The summed E-state index contributed by atoms with van der Waals surface area (Å²) in [6.07, 6.45) is 0. The summed E-state index contributed by atoms with van der Waals surface area (Å²) in [5.41, 5.74) is 7.69. The van der Waals surface area contributed by atoms with E-state index in [4.69, 9.17) is 5.73 Å². The molecule has 1 unspecified atom stereocenters. The zero-order valence-electron chi connectivity index (χ0n) is 9.61. The van der Waals surface area contributed by atoms with Gasteiger partial charge < -0.3 is 5.73 Å². The van der Waals surface area contributed by atoms with Crippen LogP contribution in [0.3, 0.4) is 0 Å². The highest BCUT2D eigenvalue weighted by atomic mass is 32.2. The molecule has 3 amide bonds. The number of carbonyl (C=O) groups excluding carboxylic acids is 2. The molecule has 3 N–H and O–H groups in total. The number of carbonyl (C=O) groups is 2. The molecule has 1 aliphatic heterocycles. The molecule has 0 aromatic heterocycles. The van der Waals surface area contributed by atoms with Crippen molar-refractivity contribution in [3.05, 3.63) is 39.9 Å². The van der Waals surface area contributed by atoms with Crippen LogP contribution in [0.5, 0.6) is 0 Å². The Morgan fingerprint density at radius 3 is 2.95 bits per heavy atom. The number of hydrazine groups is 1. The van der Waals surface area contributed by atoms with Crippen molar-refractivity contribution in [1.29, 1.82) is 0 Å². The van der Waals surface area contributed by atoms with Gasteiger partial charge in [0.2, 0.25) is 0 Å². The van der Waals surface area contributed by atoms with Crippen molar-refractivity contribution >= 4 is 29.4 Å². The Labute approximate surface area is 112 Å². The number of thioether (sulfide) groups is 1. The van der Waals surface area contributed by atoms with E-state index in [1.165, 1.54) is 30.0 Å². The number of benzene rings is 1. The minimum absolute atomic E-state index is 0.0727. The Morgan fingerprint density at radius 1 is 1.58 bits per heavy atom. The molecule has 1 atom stereocenters. The fraction of sp³-hybridized carbons (Fsp3) is 0.200. The van der Waals surface area contributed by atoms with Gasteiger partial charge in [0.25, 0.3) is 11.6 Å². The molecular formula is C10H10N4O4S. The topological polar surface area (TPSA) is 119 Å². The van der Waals surface area contributed by atoms with Gasteiger partial charge in [0.15, 0.2) is 0 Å². The third kappa shape index (κ3) is 2.76. The summed E-state index contributed by atoms with van der Waals surface area (Å²) in [7, 11) is 0. The number of urea groups is 1. The van der Waals surface area contributed by atoms with Crippen LogP contribution in [0.2, 0.25) is 0 Å². The molecule has 100 valence electrons. The summed E-state index contributed by atoms with van der Waals surface area (Å²) in [6, 6.07) is 5.05. The highest BCUT2D eigenvalue weighted by molar-refractivity contribution is 8.00. The van der Waals surface area contributed by atoms with Crippen LogP contribution in [-0.4, -0.2) is 27.6 Å². The third-order valence-corrected chi connectivity index (χ3v) is 3.68. The molecule has 0 bridgehead atoms. The summed E-state index contributed by atoms with van der Waals surface area (Å²) in [4.78, 5) is 32.7. The molecule has 1 aliphatic rings. The number of nitrogens with two attached hydrogens (primary N) is 1. The van der Waals surface area contributed by atoms with Crippen LogP contribution in [0.4, 0.5) is 10.5 Å². The van der Waals surface area contributed by atoms with E-state index < -0.39 is 16.3 Å². The summed E-state index contributed by atoms with van der Waals surface area (Å²) in [5, 5.41) is 11.3. The van der Waals surface area contributed by atoms with Crippen LogP contribution in [0.1, 0.15) is 10.9 Å². The first-order chi connectivity index (χ1) is 8.99. The number of nitrogens with zero attached hydrogens (tertiary/aromatic N) is 2. The largest absolute Gasteiger partial charge is 0.350 e. The number of nitro groups is 1. The minimum atomic E-state index is -0.855. The molecule has 8 nitrogen and oxygen atoms in total. The van der Waals surface area contributed by atoms with Crippen LogP contribution < -0.4 is 11.2 Å². The molecule has 2 rings (SSSR count). The number of nitro benzene ring substituents is 1. The second-order valence-electron chi connectivity index (χ2n) is 3.76. The zero-order valence-corrected chi connectivity index (χ0v) is 10.4. The zero-order chi connectivity index (χ0) is 14.0. The van der Waals surface area contributed by atoms with Gasteiger partial charge in [-0.2, -0.15) is 0 Å². The molecule has 0 radical (unpaired) electrons. The molecule has 19 heavy (non-hydrogen) atoms. The van der Waals surface area contributed by atoms with E-state index in [0.29, 0.717) is 5.56 Å². The molecule has 1 aromatic carbocycles. The maximum atomic E-state index is 11.6. The van der Waals surface area contributed by atoms with Gasteiger partial charge >= 0.3 is 6.03 Å². The van der Waals surface area contributed by atoms with Crippen molar-refractivity contribution in [2.75, 3.05) is 5.75 Å². The lowest BCUT2D eigenvalue weighted by molar-refractivity contribution is -0.384. The number of non-ortho nitro benzene ring substituents is 1. The average molecular weight is 282 g/mol. The van der Waals surface area contributed by atoms with Crippen LogP contribution in [-0.2, 0) is 4.79 Å². The normalized spacial score (nSPS) is 18.4. The quantitative estimate of drug-likeness (QED) is 0.626. The second-order valence-corrected chi connectivity index (χ2v) is 4.82. The van der Waals surface area contributed by atoms with E-state index >= 15 is 0 Å². The Kier molecular flexibility index (Phi) is 3.56. The van der Waals surface area contributed by atoms with Gasteiger partial charge in [-0.3, -0.25) is 14.9 Å². The van der Waals surface area contributed by atoms with Gasteiger partial charge in [-0.05, 0) is 5.56 Å². The van der Waals surface area contributed by atoms with Crippen molar-refractivity contribution in [2.24, 2.45) is 5.73 Å². The van der Waals surface area contributed by atoms with Crippen molar-refractivity contribution in [3.63, 3.8) is 0 Å². The summed E-state index contributed by atoms with van der Waals surface area (Å²) in [6.45, 7) is 0. The van der Waals surface area contributed by atoms with Gasteiger partial charge in [-0.15, -0.1) is 11.8 Å². The van der Waals surface area contributed by atoms with E-state index in [9.17, 15) is 19.7 Å². The lowest BCUT2D eigenvalue weighted by Gasteiger charge is -2.23. The van der Waals surface area contributed by atoms with Gasteiger partial charge in [0, 0.05) is 12.1 Å². The molecular weight excluding hydrogens is 272 g/mol. The second kappa shape index (κ2) is 5.14. The fourth-order valence-electron chi connectivity index (χ4n) is 1.70. The third-order valence-electron chi connectivity index (χ3n) is 2.46. The van der Waals surface area contributed by atoms with E-state index in [0.717, 1.165) is 5.01 Å². The molecule has 1 aromatic rings. The number of amides is 3. The highest BCUT2D eigenvalue weighted by Gasteiger charge is 2.34. The van der Waals surface area contributed by atoms with Crippen LogP contribution in [0.15, 0.2) is 24.3 Å². The monoisotopic (exact) mass is 282 g/mol. The summed E-state index contributed by atoms with van der Waals surface area (Å²) in [5.74, 6) is -0.131. The first-order valence-electron chi connectivity index (χ1n) is 5.23. The van der Waals surface area contributed by atoms with Crippen molar-refractivity contribution < 1.29 is 14.5 Å². The standard InChI is InChI=1S/C10H10N4O4S/c11-10(16)12-13-8(15)5-19-9(13)6-2-1-3-7(4-6)14(17)18/h1-4,9H,5H2,(H3,11,12,16). The first-order valence-corrected chi connectivity index (χ1v) is 6.28.